The molecular formula is C14H18N2O. The van der Waals surface area contributed by atoms with E-state index in [0.29, 0.717) is 0 Å². The van der Waals surface area contributed by atoms with Gasteiger partial charge in [0.25, 0.3) is 0 Å². The molecule has 0 fully saturated rings. The zero-order chi connectivity index (χ0) is 12.4. The first-order valence-corrected chi connectivity index (χ1v) is 5.87. The van der Waals surface area contributed by atoms with Crippen LogP contribution in [0.25, 0.3) is 5.69 Å². The Balaban J connectivity index is 2.55. The lowest BCUT2D eigenvalue weighted by atomic mass is 10.2. The predicted molar refractivity (Wildman–Crippen MR) is 69.0 cm³/mol. The van der Waals surface area contributed by atoms with Crippen molar-refractivity contribution in [1.82, 2.24) is 9.78 Å². The molecule has 3 nitrogen and oxygen atoms in total. The Kier molecular flexibility index (Phi) is 3.18. The van der Waals surface area contributed by atoms with Crippen molar-refractivity contribution in [3.8, 4) is 11.6 Å². The summed E-state index contributed by atoms with van der Waals surface area (Å²) < 4.78 is 7.34. The lowest BCUT2D eigenvalue weighted by Gasteiger charge is -2.07. The Morgan fingerprint density at radius 2 is 1.82 bits per heavy atom. The molecule has 2 rings (SSSR count). The van der Waals surface area contributed by atoms with Crippen LogP contribution in [0, 0.1) is 13.8 Å². The third-order valence-electron chi connectivity index (χ3n) is 2.96. The number of hydrogen-bond acceptors (Lipinski definition) is 2. The topological polar surface area (TPSA) is 27.1 Å². The summed E-state index contributed by atoms with van der Waals surface area (Å²) in [5.74, 6) is 0.842. The van der Waals surface area contributed by atoms with Crippen molar-refractivity contribution in [1.29, 1.82) is 0 Å². The van der Waals surface area contributed by atoms with Crippen LogP contribution in [0.4, 0.5) is 0 Å². The van der Waals surface area contributed by atoms with Gasteiger partial charge >= 0.3 is 0 Å². The first-order valence-electron chi connectivity index (χ1n) is 5.87. The van der Waals surface area contributed by atoms with E-state index < -0.39 is 0 Å². The molecule has 1 heterocycles. The summed E-state index contributed by atoms with van der Waals surface area (Å²) in [6, 6.07) is 8.28. The number of benzene rings is 1. The van der Waals surface area contributed by atoms with Crippen LogP contribution in [0.15, 0.2) is 24.3 Å². The van der Waals surface area contributed by atoms with Gasteiger partial charge in [-0.1, -0.05) is 24.6 Å². The number of hydrogen-bond donors (Lipinski definition) is 0. The number of ether oxygens (including phenoxy) is 1. The first-order chi connectivity index (χ1) is 8.17. The lowest BCUT2D eigenvalue weighted by molar-refractivity contribution is 0.379. The van der Waals surface area contributed by atoms with E-state index in [1.54, 1.807) is 7.11 Å². The van der Waals surface area contributed by atoms with Crippen LogP contribution < -0.4 is 4.74 Å². The average molecular weight is 230 g/mol. The van der Waals surface area contributed by atoms with Gasteiger partial charge in [-0.3, -0.25) is 0 Å². The van der Waals surface area contributed by atoms with Crippen LogP contribution in [0.3, 0.4) is 0 Å². The molecule has 0 atom stereocenters. The quantitative estimate of drug-likeness (QED) is 0.810. The maximum absolute atomic E-state index is 5.47. The highest BCUT2D eigenvalue weighted by Gasteiger charge is 2.15. The van der Waals surface area contributed by atoms with Gasteiger partial charge in [-0.25, -0.2) is 4.68 Å². The van der Waals surface area contributed by atoms with E-state index >= 15 is 0 Å². The SMILES string of the molecule is CCc1c(C)nn(-c2ccc(C)cc2)c1OC. The molecular weight excluding hydrogens is 212 g/mol. The fourth-order valence-electron chi connectivity index (χ4n) is 2.02. The fraction of sp³-hybridized carbons (Fsp3) is 0.357. The average Bonchev–Trinajstić information content (AvgIpc) is 2.66. The Bertz CT molecular complexity index is 512. The van der Waals surface area contributed by atoms with Gasteiger partial charge in [0.05, 0.1) is 18.5 Å². The van der Waals surface area contributed by atoms with Gasteiger partial charge in [-0.2, -0.15) is 5.10 Å². The third kappa shape index (κ3) is 2.05. The minimum absolute atomic E-state index is 0.842. The molecule has 0 radical (unpaired) electrons. The van der Waals surface area contributed by atoms with E-state index in [-0.39, 0.29) is 0 Å². The maximum atomic E-state index is 5.47. The van der Waals surface area contributed by atoms with Crippen LogP contribution in [-0.4, -0.2) is 16.9 Å². The summed E-state index contributed by atoms with van der Waals surface area (Å²) >= 11 is 0. The predicted octanol–water partition coefficient (Wildman–Crippen LogP) is 3.06. The lowest BCUT2D eigenvalue weighted by Crippen LogP contribution is -2.00. The highest BCUT2D eigenvalue weighted by molar-refractivity contribution is 5.42. The number of rotatable bonds is 3. The molecule has 0 N–H and O–H groups in total. The molecule has 0 aliphatic rings. The second kappa shape index (κ2) is 4.62. The summed E-state index contributed by atoms with van der Waals surface area (Å²) in [6.45, 7) is 6.21. The van der Waals surface area contributed by atoms with Crippen molar-refractivity contribution in [2.45, 2.75) is 27.2 Å². The highest BCUT2D eigenvalue weighted by atomic mass is 16.5. The molecule has 2 aromatic rings. The minimum Gasteiger partial charge on any atom is -0.481 e. The number of aromatic nitrogens is 2. The first kappa shape index (κ1) is 11.7. The molecule has 0 saturated heterocycles. The van der Waals surface area contributed by atoms with Gasteiger partial charge < -0.3 is 4.74 Å². The van der Waals surface area contributed by atoms with Gasteiger partial charge in [0, 0.05) is 5.56 Å². The van der Waals surface area contributed by atoms with Crippen LogP contribution >= 0.6 is 0 Å². The van der Waals surface area contributed by atoms with Crippen LogP contribution in [-0.2, 0) is 6.42 Å². The molecule has 0 aliphatic carbocycles. The van der Waals surface area contributed by atoms with Crippen LogP contribution in [0.5, 0.6) is 5.88 Å². The zero-order valence-electron chi connectivity index (χ0n) is 10.8. The van der Waals surface area contributed by atoms with E-state index in [1.807, 2.05) is 11.6 Å². The second-order valence-corrected chi connectivity index (χ2v) is 4.17. The van der Waals surface area contributed by atoms with Gasteiger partial charge in [0.1, 0.15) is 0 Å². The Morgan fingerprint density at radius 1 is 1.18 bits per heavy atom. The molecule has 90 valence electrons. The monoisotopic (exact) mass is 230 g/mol. The molecule has 17 heavy (non-hydrogen) atoms. The van der Waals surface area contributed by atoms with Crippen molar-refractivity contribution in [2.24, 2.45) is 0 Å². The van der Waals surface area contributed by atoms with Crippen molar-refractivity contribution in [3.05, 3.63) is 41.1 Å². The Labute approximate surface area is 102 Å². The zero-order valence-corrected chi connectivity index (χ0v) is 10.8. The van der Waals surface area contributed by atoms with Crippen LogP contribution in [0.2, 0.25) is 0 Å². The minimum atomic E-state index is 0.842. The van der Waals surface area contributed by atoms with E-state index in [1.165, 1.54) is 11.1 Å². The molecule has 0 saturated carbocycles. The molecule has 0 bridgehead atoms. The molecule has 0 aliphatic heterocycles. The van der Waals surface area contributed by atoms with Crippen molar-refractivity contribution < 1.29 is 4.74 Å². The summed E-state index contributed by atoms with van der Waals surface area (Å²) in [6.07, 6.45) is 0.931. The van der Waals surface area contributed by atoms with Gasteiger partial charge in [0.2, 0.25) is 5.88 Å². The smallest absolute Gasteiger partial charge is 0.219 e. The highest BCUT2D eigenvalue weighted by Crippen LogP contribution is 2.26. The van der Waals surface area contributed by atoms with Crippen LogP contribution in [0.1, 0.15) is 23.7 Å². The maximum Gasteiger partial charge on any atom is 0.219 e. The van der Waals surface area contributed by atoms with Crippen molar-refractivity contribution >= 4 is 0 Å². The summed E-state index contributed by atoms with van der Waals surface area (Å²) in [5, 5.41) is 4.54. The van der Waals surface area contributed by atoms with E-state index in [9.17, 15) is 0 Å². The molecule has 1 aromatic heterocycles. The summed E-state index contributed by atoms with van der Waals surface area (Å²) in [7, 11) is 1.69. The van der Waals surface area contributed by atoms with Gasteiger partial charge in [-0.05, 0) is 32.4 Å². The second-order valence-electron chi connectivity index (χ2n) is 4.17. The van der Waals surface area contributed by atoms with Crippen molar-refractivity contribution in [2.75, 3.05) is 7.11 Å². The van der Waals surface area contributed by atoms with Gasteiger partial charge in [-0.15, -0.1) is 0 Å². The molecule has 0 spiro atoms. The Morgan fingerprint density at radius 3 is 2.35 bits per heavy atom. The number of nitrogens with zero attached hydrogens (tertiary/aromatic N) is 2. The van der Waals surface area contributed by atoms with Gasteiger partial charge in [0.15, 0.2) is 0 Å². The molecule has 3 heteroatoms. The normalized spacial score (nSPS) is 10.6. The number of methoxy groups -OCH3 is 1. The van der Waals surface area contributed by atoms with E-state index in [2.05, 4.69) is 43.2 Å². The number of aryl methyl sites for hydroxylation is 2. The molecule has 0 amide bonds. The summed E-state index contributed by atoms with van der Waals surface area (Å²) in [5.41, 5.74) is 4.49. The fourth-order valence-corrected chi connectivity index (χ4v) is 2.02. The van der Waals surface area contributed by atoms with Crippen molar-refractivity contribution in [3.63, 3.8) is 0 Å². The third-order valence-corrected chi connectivity index (χ3v) is 2.96. The van der Waals surface area contributed by atoms with E-state index in [4.69, 9.17) is 4.74 Å². The van der Waals surface area contributed by atoms with E-state index in [0.717, 1.165) is 23.7 Å². The molecule has 0 unspecified atom stereocenters. The standard InChI is InChI=1S/C14H18N2O/c1-5-13-11(3)15-16(14(13)17-4)12-8-6-10(2)7-9-12/h6-9H,5H2,1-4H3. The largest absolute Gasteiger partial charge is 0.481 e. The molecule has 1 aromatic carbocycles. The Hall–Kier alpha value is -1.77. The summed E-state index contributed by atoms with van der Waals surface area (Å²) in [4.78, 5) is 0.